The van der Waals surface area contributed by atoms with E-state index in [-0.39, 0.29) is 24.6 Å². The Kier molecular flexibility index (Phi) is 5.56. The van der Waals surface area contributed by atoms with Gasteiger partial charge in [-0.25, -0.2) is 4.79 Å². The summed E-state index contributed by atoms with van der Waals surface area (Å²) in [7, 11) is 0. The number of piperidine rings is 1. The number of rotatable bonds is 3. The highest BCUT2D eigenvalue weighted by molar-refractivity contribution is 7.21. The van der Waals surface area contributed by atoms with Crippen molar-refractivity contribution in [3.8, 4) is 0 Å². The lowest BCUT2D eigenvalue weighted by Gasteiger charge is -2.38. The molecule has 1 aromatic carbocycles. The maximum Gasteiger partial charge on any atom is 0.350 e. The summed E-state index contributed by atoms with van der Waals surface area (Å²) in [6.07, 6.45) is 3.08. The van der Waals surface area contributed by atoms with Crippen LogP contribution in [0, 0.1) is 0 Å². The molecule has 0 aliphatic carbocycles. The number of amides is 1. The molecular formula is C18H19Cl2NO3S. The van der Waals surface area contributed by atoms with Crippen LogP contribution in [0.25, 0.3) is 10.1 Å². The Morgan fingerprint density at radius 3 is 2.60 bits per heavy atom. The number of nitrogens with zero attached hydrogens (tertiary/aromatic N) is 1. The van der Waals surface area contributed by atoms with Crippen LogP contribution in [0.5, 0.6) is 0 Å². The van der Waals surface area contributed by atoms with Crippen molar-refractivity contribution in [2.45, 2.75) is 45.2 Å². The summed E-state index contributed by atoms with van der Waals surface area (Å²) >= 11 is 13.5. The summed E-state index contributed by atoms with van der Waals surface area (Å²) in [5.41, 5.74) is 0. The second-order valence-corrected chi connectivity index (χ2v) is 8.26. The van der Waals surface area contributed by atoms with Crippen molar-refractivity contribution in [1.29, 1.82) is 0 Å². The molecule has 1 fully saturated rings. The first-order chi connectivity index (χ1) is 11.9. The lowest BCUT2D eigenvalue weighted by molar-refractivity contribution is -0.140. The van der Waals surface area contributed by atoms with Crippen LogP contribution in [0.2, 0.25) is 10.0 Å². The highest BCUT2D eigenvalue weighted by Crippen LogP contribution is 2.37. The molecule has 2 aromatic rings. The largest absolute Gasteiger partial charge is 0.451 e. The van der Waals surface area contributed by atoms with Gasteiger partial charge in [-0.05, 0) is 45.2 Å². The van der Waals surface area contributed by atoms with E-state index in [1.165, 1.54) is 11.3 Å². The molecule has 1 aliphatic rings. The maximum absolute atomic E-state index is 12.5. The summed E-state index contributed by atoms with van der Waals surface area (Å²) < 4.78 is 6.06. The zero-order chi connectivity index (χ0) is 18.1. The van der Waals surface area contributed by atoms with E-state index in [1.807, 2.05) is 18.7 Å². The molecule has 0 saturated carbocycles. The molecule has 1 aliphatic heterocycles. The standard InChI is InChI=1S/C18H19Cl2NO3S/c1-10-4-3-5-11(2)21(10)15(22)9-24-18(23)17-16(20)13-7-6-12(19)8-14(13)25-17/h6-8,10-11H,3-5,9H2,1-2H3. The Balaban J connectivity index is 1.70. The number of halogens is 2. The second-order valence-electron chi connectivity index (χ2n) is 6.39. The Morgan fingerprint density at radius 1 is 1.24 bits per heavy atom. The minimum absolute atomic E-state index is 0.159. The van der Waals surface area contributed by atoms with Crippen molar-refractivity contribution in [3.05, 3.63) is 33.1 Å². The molecule has 4 nitrogen and oxygen atoms in total. The average molecular weight is 400 g/mol. The molecule has 0 N–H and O–H groups in total. The van der Waals surface area contributed by atoms with Crippen molar-refractivity contribution in [1.82, 2.24) is 4.90 Å². The number of likely N-dealkylation sites (tertiary alicyclic amines) is 1. The third kappa shape index (κ3) is 3.78. The minimum atomic E-state index is -0.576. The van der Waals surface area contributed by atoms with Crippen LogP contribution >= 0.6 is 34.5 Å². The lowest BCUT2D eigenvalue weighted by atomic mass is 9.97. The molecule has 2 heterocycles. The third-order valence-corrected chi connectivity index (χ3v) is 6.46. The smallest absolute Gasteiger partial charge is 0.350 e. The fourth-order valence-corrected chi connectivity index (χ4v) is 5.03. The SMILES string of the molecule is CC1CCCC(C)N1C(=O)COC(=O)c1sc2cc(Cl)ccc2c1Cl. The third-order valence-electron chi connectivity index (χ3n) is 4.59. The van der Waals surface area contributed by atoms with Crippen molar-refractivity contribution < 1.29 is 14.3 Å². The first-order valence-electron chi connectivity index (χ1n) is 8.24. The molecule has 2 atom stereocenters. The number of hydrogen-bond acceptors (Lipinski definition) is 4. The van der Waals surface area contributed by atoms with Gasteiger partial charge in [0.1, 0.15) is 4.88 Å². The van der Waals surface area contributed by atoms with E-state index in [1.54, 1.807) is 18.2 Å². The normalized spacial score (nSPS) is 20.7. The first-order valence-corrected chi connectivity index (χ1v) is 9.81. The number of carbonyl (C=O) groups is 2. The molecule has 3 rings (SSSR count). The fraction of sp³-hybridized carbons (Fsp3) is 0.444. The van der Waals surface area contributed by atoms with Crippen molar-refractivity contribution in [3.63, 3.8) is 0 Å². The van der Waals surface area contributed by atoms with Gasteiger partial charge >= 0.3 is 5.97 Å². The Labute approximate surface area is 160 Å². The second kappa shape index (κ2) is 7.52. The molecule has 1 saturated heterocycles. The van der Waals surface area contributed by atoms with Crippen molar-refractivity contribution in [2.75, 3.05) is 6.61 Å². The molecule has 0 bridgehead atoms. The first kappa shape index (κ1) is 18.5. The van der Waals surface area contributed by atoms with E-state index in [0.717, 1.165) is 29.3 Å². The predicted molar refractivity (Wildman–Crippen MR) is 102 cm³/mol. The van der Waals surface area contributed by atoms with Gasteiger partial charge in [-0.2, -0.15) is 0 Å². The highest BCUT2D eigenvalue weighted by atomic mass is 35.5. The zero-order valence-electron chi connectivity index (χ0n) is 14.1. The van der Waals surface area contributed by atoms with E-state index in [2.05, 4.69) is 0 Å². The Morgan fingerprint density at radius 2 is 1.92 bits per heavy atom. The van der Waals surface area contributed by atoms with Crippen LogP contribution in [0.3, 0.4) is 0 Å². The Hall–Kier alpha value is -1.30. The van der Waals surface area contributed by atoms with Crippen LogP contribution < -0.4 is 0 Å². The molecule has 25 heavy (non-hydrogen) atoms. The van der Waals surface area contributed by atoms with Gasteiger partial charge in [-0.3, -0.25) is 4.79 Å². The average Bonchev–Trinajstić information content (AvgIpc) is 2.88. The van der Waals surface area contributed by atoms with Crippen LogP contribution in [-0.4, -0.2) is 35.5 Å². The molecule has 1 amide bonds. The van der Waals surface area contributed by atoms with E-state index in [0.29, 0.717) is 14.9 Å². The topological polar surface area (TPSA) is 46.6 Å². The molecule has 0 radical (unpaired) electrons. The summed E-state index contributed by atoms with van der Waals surface area (Å²) in [6, 6.07) is 5.59. The molecule has 7 heteroatoms. The van der Waals surface area contributed by atoms with Gasteiger partial charge in [-0.1, -0.05) is 29.3 Å². The van der Waals surface area contributed by atoms with Gasteiger partial charge in [0.2, 0.25) is 0 Å². The van der Waals surface area contributed by atoms with Crippen molar-refractivity contribution >= 4 is 56.5 Å². The van der Waals surface area contributed by atoms with Crippen LogP contribution in [0.4, 0.5) is 0 Å². The quantitative estimate of drug-likeness (QED) is 0.669. The number of benzene rings is 1. The van der Waals surface area contributed by atoms with Gasteiger partial charge in [-0.15, -0.1) is 11.3 Å². The van der Waals surface area contributed by atoms with Gasteiger partial charge in [0.25, 0.3) is 5.91 Å². The summed E-state index contributed by atoms with van der Waals surface area (Å²) in [5.74, 6) is -0.735. The maximum atomic E-state index is 12.5. The van der Waals surface area contributed by atoms with Crippen molar-refractivity contribution in [2.24, 2.45) is 0 Å². The molecular weight excluding hydrogens is 381 g/mol. The number of fused-ring (bicyclic) bond motifs is 1. The van der Waals surface area contributed by atoms with E-state index in [4.69, 9.17) is 27.9 Å². The molecule has 134 valence electrons. The number of carbonyl (C=O) groups excluding carboxylic acids is 2. The fourth-order valence-electron chi connectivity index (χ4n) is 3.35. The van der Waals surface area contributed by atoms with Gasteiger partial charge < -0.3 is 9.64 Å². The van der Waals surface area contributed by atoms with E-state index in [9.17, 15) is 9.59 Å². The van der Waals surface area contributed by atoms with Gasteiger partial charge in [0, 0.05) is 27.2 Å². The lowest BCUT2D eigenvalue weighted by Crippen LogP contribution is -2.49. The van der Waals surface area contributed by atoms with Crippen LogP contribution in [0.15, 0.2) is 18.2 Å². The van der Waals surface area contributed by atoms with Crippen LogP contribution in [0.1, 0.15) is 42.8 Å². The van der Waals surface area contributed by atoms with Gasteiger partial charge in [0.15, 0.2) is 6.61 Å². The summed E-state index contributed by atoms with van der Waals surface area (Å²) in [5, 5.41) is 1.68. The van der Waals surface area contributed by atoms with Gasteiger partial charge in [0.05, 0.1) is 5.02 Å². The molecule has 0 spiro atoms. The zero-order valence-corrected chi connectivity index (χ0v) is 16.4. The molecule has 1 aromatic heterocycles. The van der Waals surface area contributed by atoms with Crippen LogP contribution in [-0.2, 0) is 9.53 Å². The van der Waals surface area contributed by atoms with E-state index < -0.39 is 5.97 Å². The predicted octanol–water partition coefficient (Wildman–Crippen LogP) is 5.15. The number of ether oxygens (including phenoxy) is 1. The number of esters is 1. The van der Waals surface area contributed by atoms with E-state index >= 15 is 0 Å². The monoisotopic (exact) mass is 399 g/mol. The number of hydrogen-bond donors (Lipinski definition) is 0. The molecule has 2 unspecified atom stereocenters. The Bertz CT molecular complexity index is 810. The summed E-state index contributed by atoms with van der Waals surface area (Å²) in [4.78, 5) is 26.9. The number of thiophene rings is 1. The summed E-state index contributed by atoms with van der Waals surface area (Å²) in [6.45, 7) is 3.79. The minimum Gasteiger partial charge on any atom is -0.451 e. The highest BCUT2D eigenvalue weighted by Gasteiger charge is 2.30.